The summed E-state index contributed by atoms with van der Waals surface area (Å²) in [5.74, 6) is -1.30. The summed E-state index contributed by atoms with van der Waals surface area (Å²) in [5, 5.41) is 3.23. The molecule has 1 rings (SSSR count). The van der Waals surface area contributed by atoms with Gasteiger partial charge in [-0.2, -0.15) is 0 Å². The third-order valence-electron chi connectivity index (χ3n) is 2.58. The summed E-state index contributed by atoms with van der Waals surface area (Å²) in [6.07, 6.45) is 1.48. The van der Waals surface area contributed by atoms with Gasteiger partial charge in [-0.1, -0.05) is 0 Å². The van der Waals surface area contributed by atoms with Gasteiger partial charge in [0.1, 0.15) is 0 Å². The zero-order valence-corrected chi connectivity index (χ0v) is 11.0. The molecule has 2 N–H and O–H groups in total. The molecule has 0 aliphatic carbocycles. The van der Waals surface area contributed by atoms with Crippen LogP contribution >= 0.6 is 0 Å². The first-order valence-electron chi connectivity index (χ1n) is 5.82. The van der Waals surface area contributed by atoms with Crippen LogP contribution in [0.25, 0.3) is 0 Å². The number of carbonyl (C=O) groups excluding carboxylic acids is 1. The minimum absolute atomic E-state index is 0.0920. The molecule has 2 unspecified atom stereocenters. The van der Waals surface area contributed by atoms with Crippen molar-refractivity contribution in [2.24, 2.45) is 0 Å². The Kier molecular flexibility index (Phi) is 5.35. The van der Waals surface area contributed by atoms with E-state index in [0.717, 1.165) is 19.4 Å². The molecule has 1 aliphatic heterocycles. The lowest BCUT2D eigenvalue weighted by Crippen LogP contribution is -2.47. The van der Waals surface area contributed by atoms with Crippen LogP contribution in [0.5, 0.6) is 0 Å². The minimum atomic E-state index is -3.58. The van der Waals surface area contributed by atoms with Gasteiger partial charge in [-0.3, -0.25) is 4.79 Å². The molecular weight excluding hydrogens is 244 g/mol. The Morgan fingerprint density at radius 1 is 1.53 bits per heavy atom. The maximum atomic E-state index is 11.7. The Bertz CT molecular complexity index is 355. The molecule has 17 heavy (non-hydrogen) atoms. The zero-order valence-electron chi connectivity index (χ0n) is 10.2. The van der Waals surface area contributed by atoms with Gasteiger partial charge in [0.15, 0.2) is 5.75 Å². The lowest BCUT2D eigenvalue weighted by molar-refractivity contribution is -0.139. The lowest BCUT2D eigenvalue weighted by Gasteiger charge is -2.28. The van der Waals surface area contributed by atoms with Crippen LogP contribution in [0.15, 0.2) is 0 Å². The van der Waals surface area contributed by atoms with Crippen LogP contribution in [-0.2, 0) is 19.6 Å². The number of ether oxygens (including phenoxy) is 1. The maximum Gasteiger partial charge on any atom is 0.322 e. The van der Waals surface area contributed by atoms with Gasteiger partial charge >= 0.3 is 5.97 Å². The topological polar surface area (TPSA) is 84.5 Å². The standard InChI is InChI=1S/C10H20N2O4S/c1-3-16-10(13)7-17(14,15)12-9-4-5-11-8(2)6-9/h8-9,11-12H,3-7H2,1-2H3. The highest BCUT2D eigenvalue weighted by molar-refractivity contribution is 7.90. The van der Waals surface area contributed by atoms with Gasteiger partial charge in [0.25, 0.3) is 0 Å². The number of hydrogen-bond donors (Lipinski definition) is 2. The van der Waals surface area contributed by atoms with E-state index < -0.39 is 21.7 Å². The molecule has 1 aliphatic rings. The smallest absolute Gasteiger partial charge is 0.322 e. The maximum absolute atomic E-state index is 11.7. The Morgan fingerprint density at radius 3 is 2.82 bits per heavy atom. The fourth-order valence-electron chi connectivity index (χ4n) is 1.89. The van der Waals surface area contributed by atoms with Crippen molar-refractivity contribution in [2.45, 2.75) is 38.8 Å². The van der Waals surface area contributed by atoms with Crippen LogP contribution in [0, 0.1) is 0 Å². The summed E-state index contributed by atoms with van der Waals surface area (Å²) >= 11 is 0. The molecule has 0 bridgehead atoms. The number of rotatable bonds is 5. The molecule has 0 radical (unpaired) electrons. The van der Waals surface area contributed by atoms with Crippen molar-refractivity contribution in [3.05, 3.63) is 0 Å². The van der Waals surface area contributed by atoms with E-state index in [1.54, 1.807) is 6.92 Å². The average Bonchev–Trinajstić information content (AvgIpc) is 2.15. The number of sulfonamides is 1. The van der Waals surface area contributed by atoms with Crippen molar-refractivity contribution in [2.75, 3.05) is 18.9 Å². The quantitative estimate of drug-likeness (QED) is 0.661. The van der Waals surface area contributed by atoms with Gasteiger partial charge in [0, 0.05) is 12.1 Å². The molecule has 0 amide bonds. The minimum Gasteiger partial charge on any atom is -0.465 e. The molecule has 0 saturated carbocycles. The summed E-state index contributed by atoms with van der Waals surface area (Å²) in [4.78, 5) is 11.1. The van der Waals surface area contributed by atoms with E-state index in [1.165, 1.54) is 0 Å². The molecule has 1 fully saturated rings. The van der Waals surface area contributed by atoms with Crippen molar-refractivity contribution in [3.63, 3.8) is 0 Å². The van der Waals surface area contributed by atoms with Gasteiger partial charge in [-0.15, -0.1) is 0 Å². The summed E-state index contributed by atoms with van der Waals surface area (Å²) in [6, 6.07) is 0.199. The highest BCUT2D eigenvalue weighted by atomic mass is 32.2. The fraction of sp³-hybridized carbons (Fsp3) is 0.900. The van der Waals surface area contributed by atoms with Crippen LogP contribution in [0.1, 0.15) is 26.7 Å². The van der Waals surface area contributed by atoms with Crippen molar-refractivity contribution in [1.29, 1.82) is 0 Å². The molecule has 0 aromatic carbocycles. The van der Waals surface area contributed by atoms with E-state index in [4.69, 9.17) is 0 Å². The third kappa shape index (κ3) is 5.47. The first-order chi connectivity index (χ1) is 7.93. The van der Waals surface area contributed by atoms with Gasteiger partial charge < -0.3 is 10.1 Å². The number of piperidine rings is 1. The lowest BCUT2D eigenvalue weighted by atomic mass is 10.0. The van der Waals surface area contributed by atoms with E-state index in [0.29, 0.717) is 6.04 Å². The summed E-state index contributed by atoms with van der Waals surface area (Å²) < 4.78 is 30.5. The SMILES string of the molecule is CCOC(=O)CS(=O)(=O)NC1CCNC(C)C1. The predicted molar refractivity (Wildman–Crippen MR) is 64.0 cm³/mol. The molecule has 1 heterocycles. The summed E-state index contributed by atoms with van der Waals surface area (Å²) in [7, 11) is -3.58. The fourth-order valence-corrected chi connectivity index (χ4v) is 3.09. The van der Waals surface area contributed by atoms with Gasteiger partial charge in [-0.05, 0) is 33.2 Å². The molecule has 100 valence electrons. The predicted octanol–water partition coefficient (Wildman–Crippen LogP) is -0.391. The highest BCUT2D eigenvalue weighted by Crippen LogP contribution is 2.09. The first-order valence-corrected chi connectivity index (χ1v) is 7.47. The average molecular weight is 264 g/mol. The largest absolute Gasteiger partial charge is 0.465 e. The second-order valence-electron chi connectivity index (χ2n) is 4.26. The number of carbonyl (C=O) groups is 1. The van der Waals surface area contributed by atoms with Gasteiger partial charge in [-0.25, -0.2) is 13.1 Å². The molecule has 0 aromatic rings. The molecular formula is C10H20N2O4S. The Morgan fingerprint density at radius 2 is 2.24 bits per heavy atom. The van der Waals surface area contributed by atoms with E-state index in [2.05, 4.69) is 14.8 Å². The van der Waals surface area contributed by atoms with E-state index in [-0.39, 0.29) is 12.6 Å². The number of nitrogens with one attached hydrogen (secondary N) is 2. The zero-order chi connectivity index (χ0) is 12.9. The molecule has 0 aromatic heterocycles. The van der Waals surface area contributed by atoms with E-state index in [9.17, 15) is 13.2 Å². The van der Waals surface area contributed by atoms with Crippen LogP contribution in [-0.4, -0.2) is 45.4 Å². The second kappa shape index (κ2) is 6.32. The first kappa shape index (κ1) is 14.4. The normalized spacial score (nSPS) is 25.5. The van der Waals surface area contributed by atoms with Crippen LogP contribution in [0.2, 0.25) is 0 Å². The van der Waals surface area contributed by atoms with Crippen LogP contribution < -0.4 is 10.0 Å². The summed E-state index contributed by atoms with van der Waals surface area (Å²) in [6.45, 7) is 4.63. The van der Waals surface area contributed by atoms with Gasteiger partial charge in [0.05, 0.1) is 6.61 Å². The Hall–Kier alpha value is -0.660. The van der Waals surface area contributed by atoms with Gasteiger partial charge in [0.2, 0.25) is 10.0 Å². The van der Waals surface area contributed by atoms with E-state index in [1.807, 2.05) is 6.92 Å². The number of hydrogen-bond acceptors (Lipinski definition) is 5. The van der Waals surface area contributed by atoms with E-state index >= 15 is 0 Å². The Balaban J connectivity index is 2.45. The van der Waals surface area contributed by atoms with Crippen molar-refractivity contribution >= 4 is 16.0 Å². The molecule has 0 spiro atoms. The molecule has 2 atom stereocenters. The third-order valence-corrected chi connectivity index (χ3v) is 3.89. The van der Waals surface area contributed by atoms with Crippen LogP contribution in [0.3, 0.4) is 0 Å². The number of esters is 1. The van der Waals surface area contributed by atoms with Crippen molar-refractivity contribution in [3.8, 4) is 0 Å². The van der Waals surface area contributed by atoms with Crippen LogP contribution in [0.4, 0.5) is 0 Å². The molecule has 6 nitrogen and oxygen atoms in total. The second-order valence-corrected chi connectivity index (χ2v) is 6.01. The molecule has 7 heteroatoms. The monoisotopic (exact) mass is 264 g/mol. The Labute approximate surface area is 102 Å². The summed E-state index contributed by atoms with van der Waals surface area (Å²) in [5.41, 5.74) is 0. The highest BCUT2D eigenvalue weighted by Gasteiger charge is 2.25. The van der Waals surface area contributed by atoms with Crippen molar-refractivity contribution in [1.82, 2.24) is 10.0 Å². The molecule has 1 saturated heterocycles. The van der Waals surface area contributed by atoms with Crippen molar-refractivity contribution < 1.29 is 17.9 Å².